The van der Waals surface area contributed by atoms with Gasteiger partial charge in [0.1, 0.15) is 5.82 Å². The van der Waals surface area contributed by atoms with Gasteiger partial charge < -0.3 is 5.32 Å². The van der Waals surface area contributed by atoms with Crippen molar-refractivity contribution in [3.05, 3.63) is 65.2 Å². The molecule has 18 heavy (non-hydrogen) atoms. The minimum atomic E-state index is -0.371. The fourth-order valence-corrected chi connectivity index (χ4v) is 1.52. The Balaban J connectivity index is 2.02. The van der Waals surface area contributed by atoms with Crippen molar-refractivity contribution in [2.24, 2.45) is 0 Å². The maximum atomic E-state index is 13.3. The Hall–Kier alpha value is -2.23. The van der Waals surface area contributed by atoms with Crippen molar-refractivity contribution in [3.8, 4) is 0 Å². The van der Waals surface area contributed by atoms with Crippen LogP contribution in [0.3, 0.4) is 0 Å². The molecule has 92 valence electrons. The molecule has 0 unspecified atom stereocenters. The summed E-state index contributed by atoms with van der Waals surface area (Å²) in [7, 11) is 0. The first-order chi connectivity index (χ1) is 8.66. The fraction of sp³-hybridized carbons (Fsp3) is 0.143. The molecule has 0 saturated carbocycles. The Kier molecular flexibility index (Phi) is 3.67. The lowest BCUT2D eigenvalue weighted by atomic mass is 10.1. The van der Waals surface area contributed by atoms with E-state index in [1.807, 2.05) is 6.07 Å². The monoisotopic (exact) mass is 244 g/mol. The molecule has 0 fully saturated rings. The standard InChI is InChI=1S/C14H13FN2O/c1-10-4-5-12(7-13(10)15)14(18)17-9-11-3-2-6-16-8-11/h2-8H,9H2,1H3,(H,17,18). The number of amides is 1. The number of carbonyl (C=O) groups excluding carboxylic acids is 1. The summed E-state index contributed by atoms with van der Waals surface area (Å²) in [6.45, 7) is 2.04. The van der Waals surface area contributed by atoms with Crippen LogP contribution in [0, 0.1) is 12.7 Å². The molecule has 1 aromatic heterocycles. The van der Waals surface area contributed by atoms with E-state index in [4.69, 9.17) is 0 Å². The van der Waals surface area contributed by atoms with Crippen LogP contribution in [0.15, 0.2) is 42.7 Å². The Labute approximate surface area is 105 Å². The molecule has 0 spiro atoms. The molecule has 2 aromatic rings. The molecule has 0 atom stereocenters. The van der Waals surface area contributed by atoms with Gasteiger partial charge in [-0.15, -0.1) is 0 Å². The van der Waals surface area contributed by atoms with Crippen LogP contribution in [-0.4, -0.2) is 10.9 Å². The zero-order valence-electron chi connectivity index (χ0n) is 9.98. The first-order valence-electron chi connectivity index (χ1n) is 5.60. The second kappa shape index (κ2) is 5.40. The highest BCUT2D eigenvalue weighted by atomic mass is 19.1. The van der Waals surface area contributed by atoms with E-state index in [1.165, 1.54) is 6.07 Å². The maximum absolute atomic E-state index is 13.3. The van der Waals surface area contributed by atoms with Crippen molar-refractivity contribution in [2.45, 2.75) is 13.5 Å². The average Bonchev–Trinajstić information content (AvgIpc) is 2.40. The minimum Gasteiger partial charge on any atom is -0.348 e. The first-order valence-corrected chi connectivity index (χ1v) is 5.60. The molecule has 1 aromatic carbocycles. The number of nitrogens with one attached hydrogen (secondary N) is 1. The molecule has 2 rings (SSSR count). The summed E-state index contributed by atoms with van der Waals surface area (Å²) in [4.78, 5) is 15.7. The topological polar surface area (TPSA) is 42.0 Å². The van der Waals surface area contributed by atoms with Gasteiger partial charge in [-0.3, -0.25) is 9.78 Å². The predicted molar refractivity (Wildman–Crippen MR) is 66.5 cm³/mol. The van der Waals surface area contributed by atoms with Gasteiger partial charge in [0.05, 0.1) is 0 Å². The van der Waals surface area contributed by atoms with Crippen molar-refractivity contribution in [1.29, 1.82) is 0 Å². The lowest BCUT2D eigenvalue weighted by molar-refractivity contribution is 0.0950. The average molecular weight is 244 g/mol. The van der Waals surface area contributed by atoms with E-state index in [0.29, 0.717) is 17.7 Å². The molecule has 0 aliphatic rings. The third-order valence-corrected chi connectivity index (χ3v) is 2.61. The molecule has 1 amide bonds. The molecule has 0 radical (unpaired) electrons. The molecule has 0 aliphatic carbocycles. The van der Waals surface area contributed by atoms with E-state index in [-0.39, 0.29) is 11.7 Å². The van der Waals surface area contributed by atoms with Crippen LogP contribution in [0.2, 0.25) is 0 Å². The largest absolute Gasteiger partial charge is 0.348 e. The Morgan fingerprint density at radius 3 is 2.89 bits per heavy atom. The van der Waals surface area contributed by atoms with E-state index in [0.717, 1.165) is 5.56 Å². The zero-order chi connectivity index (χ0) is 13.0. The highest BCUT2D eigenvalue weighted by Crippen LogP contribution is 2.09. The van der Waals surface area contributed by atoms with E-state index in [2.05, 4.69) is 10.3 Å². The number of aryl methyl sites for hydroxylation is 1. The molecule has 0 bridgehead atoms. The van der Waals surface area contributed by atoms with Crippen molar-refractivity contribution in [2.75, 3.05) is 0 Å². The van der Waals surface area contributed by atoms with Crippen LogP contribution in [0.5, 0.6) is 0 Å². The molecule has 1 heterocycles. The van der Waals surface area contributed by atoms with Crippen molar-refractivity contribution < 1.29 is 9.18 Å². The first kappa shape index (κ1) is 12.2. The number of aromatic nitrogens is 1. The highest BCUT2D eigenvalue weighted by molar-refractivity contribution is 5.94. The number of halogens is 1. The molecule has 3 nitrogen and oxygen atoms in total. The van der Waals surface area contributed by atoms with Crippen LogP contribution >= 0.6 is 0 Å². The molecular formula is C14H13FN2O. The lowest BCUT2D eigenvalue weighted by Gasteiger charge is -2.06. The van der Waals surface area contributed by atoms with Crippen molar-refractivity contribution in [1.82, 2.24) is 10.3 Å². The number of hydrogen-bond donors (Lipinski definition) is 1. The van der Waals surface area contributed by atoms with Gasteiger partial charge in [-0.1, -0.05) is 12.1 Å². The SMILES string of the molecule is Cc1ccc(C(=O)NCc2cccnc2)cc1F. The van der Waals surface area contributed by atoms with Crippen LogP contribution in [-0.2, 0) is 6.54 Å². The van der Waals surface area contributed by atoms with Crippen molar-refractivity contribution in [3.63, 3.8) is 0 Å². The van der Waals surface area contributed by atoms with Gasteiger partial charge >= 0.3 is 0 Å². The second-order valence-electron chi connectivity index (χ2n) is 4.01. The summed E-state index contributed by atoms with van der Waals surface area (Å²) < 4.78 is 13.3. The van der Waals surface area contributed by atoms with E-state index >= 15 is 0 Å². The molecule has 4 heteroatoms. The number of rotatable bonds is 3. The lowest BCUT2D eigenvalue weighted by Crippen LogP contribution is -2.23. The molecule has 0 saturated heterocycles. The van der Waals surface area contributed by atoms with Gasteiger partial charge in [0.15, 0.2) is 0 Å². The highest BCUT2D eigenvalue weighted by Gasteiger charge is 2.07. The van der Waals surface area contributed by atoms with Crippen LogP contribution < -0.4 is 5.32 Å². The molecule has 1 N–H and O–H groups in total. The van der Waals surface area contributed by atoms with E-state index < -0.39 is 0 Å². The number of benzene rings is 1. The normalized spacial score (nSPS) is 10.1. The van der Waals surface area contributed by atoms with Crippen LogP contribution in [0.25, 0.3) is 0 Å². The summed E-state index contributed by atoms with van der Waals surface area (Å²) in [6.07, 6.45) is 3.34. The number of hydrogen-bond acceptors (Lipinski definition) is 2. The zero-order valence-corrected chi connectivity index (χ0v) is 9.98. The van der Waals surface area contributed by atoms with Crippen LogP contribution in [0.1, 0.15) is 21.5 Å². The Morgan fingerprint density at radius 2 is 2.22 bits per heavy atom. The predicted octanol–water partition coefficient (Wildman–Crippen LogP) is 2.46. The fourth-order valence-electron chi connectivity index (χ4n) is 1.52. The number of nitrogens with zero attached hydrogens (tertiary/aromatic N) is 1. The number of pyridine rings is 1. The van der Waals surface area contributed by atoms with Gasteiger partial charge in [-0.05, 0) is 36.2 Å². The van der Waals surface area contributed by atoms with Crippen molar-refractivity contribution >= 4 is 5.91 Å². The molecular weight excluding hydrogens is 231 g/mol. The maximum Gasteiger partial charge on any atom is 0.251 e. The third kappa shape index (κ3) is 2.91. The van der Waals surface area contributed by atoms with E-state index in [9.17, 15) is 9.18 Å². The van der Waals surface area contributed by atoms with Gasteiger partial charge in [-0.2, -0.15) is 0 Å². The Morgan fingerprint density at radius 1 is 1.39 bits per heavy atom. The number of carbonyl (C=O) groups is 1. The van der Waals surface area contributed by atoms with Gasteiger partial charge in [-0.25, -0.2) is 4.39 Å². The summed E-state index contributed by atoms with van der Waals surface area (Å²) in [5, 5.41) is 2.72. The second-order valence-corrected chi connectivity index (χ2v) is 4.01. The van der Waals surface area contributed by atoms with Gasteiger partial charge in [0.25, 0.3) is 5.91 Å². The summed E-state index contributed by atoms with van der Waals surface area (Å²) in [5.74, 6) is -0.665. The quantitative estimate of drug-likeness (QED) is 0.901. The Bertz CT molecular complexity index is 555. The third-order valence-electron chi connectivity index (χ3n) is 2.61. The van der Waals surface area contributed by atoms with E-state index in [1.54, 1.807) is 37.5 Å². The van der Waals surface area contributed by atoms with Crippen LogP contribution in [0.4, 0.5) is 4.39 Å². The minimum absolute atomic E-state index is 0.294. The summed E-state index contributed by atoms with van der Waals surface area (Å²) in [5.41, 5.74) is 1.75. The smallest absolute Gasteiger partial charge is 0.251 e. The summed E-state index contributed by atoms with van der Waals surface area (Å²) in [6, 6.07) is 8.11. The van der Waals surface area contributed by atoms with Gasteiger partial charge in [0.2, 0.25) is 0 Å². The van der Waals surface area contributed by atoms with Gasteiger partial charge in [0, 0.05) is 24.5 Å². The molecule has 0 aliphatic heterocycles. The summed E-state index contributed by atoms with van der Waals surface area (Å²) >= 11 is 0.